The third-order valence-corrected chi connectivity index (χ3v) is 2.78. The second-order valence-corrected chi connectivity index (χ2v) is 4.06. The smallest absolute Gasteiger partial charge is 0.308 e. The van der Waals surface area contributed by atoms with Crippen LogP contribution in [0.4, 0.5) is 0 Å². The summed E-state index contributed by atoms with van der Waals surface area (Å²) in [5.74, 6) is -1.42. The zero-order valence-electron chi connectivity index (χ0n) is 10.1. The highest BCUT2D eigenvalue weighted by Gasteiger charge is 2.27. The number of nitrogens with zero attached hydrogens (tertiary/aromatic N) is 1. The molecule has 0 aromatic rings. The van der Waals surface area contributed by atoms with Gasteiger partial charge in [-0.1, -0.05) is 0 Å². The first kappa shape index (κ1) is 13.9. The number of aliphatic carboxylic acids is 1. The summed E-state index contributed by atoms with van der Waals surface area (Å²) in [6.07, 6.45) is 1.38. The minimum Gasteiger partial charge on any atom is -0.481 e. The van der Waals surface area contributed by atoms with Crippen LogP contribution in [0, 0.1) is 5.92 Å². The molecule has 1 saturated heterocycles. The molecule has 0 aromatic carbocycles. The highest BCUT2D eigenvalue weighted by Crippen LogP contribution is 2.16. The molecule has 1 aliphatic rings. The molecule has 0 aromatic heterocycles. The van der Waals surface area contributed by atoms with E-state index in [-0.39, 0.29) is 12.5 Å². The Kier molecular flexibility index (Phi) is 5.93. The van der Waals surface area contributed by atoms with Gasteiger partial charge in [-0.15, -0.1) is 0 Å². The maximum absolute atomic E-state index is 11.7. The first-order chi connectivity index (χ1) is 8.15. The fourth-order valence-corrected chi connectivity index (χ4v) is 1.80. The van der Waals surface area contributed by atoms with Gasteiger partial charge in [0, 0.05) is 20.2 Å². The molecule has 0 spiro atoms. The van der Waals surface area contributed by atoms with Gasteiger partial charge in [-0.3, -0.25) is 9.59 Å². The summed E-state index contributed by atoms with van der Waals surface area (Å²) in [7, 11) is 1.56. The van der Waals surface area contributed by atoms with Crippen LogP contribution >= 0.6 is 0 Å². The average molecular weight is 245 g/mol. The van der Waals surface area contributed by atoms with Crippen molar-refractivity contribution >= 4 is 11.9 Å². The number of ether oxygens (including phenoxy) is 2. The Labute approximate surface area is 100 Å². The van der Waals surface area contributed by atoms with Crippen molar-refractivity contribution in [3.63, 3.8) is 0 Å². The molecule has 0 aliphatic carbocycles. The van der Waals surface area contributed by atoms with Crippen molar-refractivity contribution in [1.82, 2.24) is 4.90 Å². The summed E-state index contributed by atoms with van der Waals surface area (Å²) < 4.78 is 9.91. The Morgan fingerprint density at radius 3 is 2.82 bits per heavy atom. The highest BCUT2D eigenvalue weighted by atomic mass is 16.5. The van der Waals surface area contributed by atoms with Crippen molar-refractivity contribution in [2.24, 2.45) is 5.92 Å². The van der Waals surface area contributed by atoms with Crippen LogP contribution in [0.5, 0.6) is 0 Å². The molecule has 0 radical (unpaired) electrons. The lowest BCUT2D eigenvalue weighted by molar-refractivity contribution is -0.147. The van der Waals surface area contributed by atoms with Crippen molar-refractivity contribution in [2.75, 3.05) is 40.0 Å². The maximum Gasteiger partial charge on any atom is 0.308 e. The molecule has 17 heavy (non-hydrogen) atoms. The molecule has 1 atom stereocenters. The van der Waals surface area contributed by atoms with Crippen LogP contribution in [-0.2, 0) is 19.1 Å². The molecule has 1 fully saturated rings. The van der Waals surface area contributed by atoms with Crippen LogP contribution in [0.2, 0.25) is 0 Å². The number of carboxylic acid groups (broad SMARTS) is 1. The Hall–Kier alpha value is -1.14. The molecular weight excluding hydrogens is 226 g/mol. The molecule has 6 nitrogen and oxygen atoms in total. The Morgan fingerprint density at radius 1 is 1.41 bits per heavy atom. The number of amides is 1. The van der Waals surface area contributed by atoms with E-state index in [0.717, 1.165) is 6.42 Å². The van der Waals surface area contributed by atoms with Crippen molar-refractivity contribution in [2.45, 2.75) is 12.8 Å². The minimum absolute atomic E-state index is 0.00427. The van der Waals surface area contributed by atoms with E-state index in [0.29, 0.717) is 32.7 Å². The van der Waals surface area contributed by atoms with Crippen LogP contribution in [0.1, 0.15) is 12.8 Å². The third-order valence-electron chi connectivity index (χ3n) is 2.78. The first-order valence-electron chi connectivity index (χ1n) is 5.72. The second kappa shape index (κ2) is 7.24. The lowest BCUT2D eigenvalue weighted by atomic mass is 9.98. The first-order valence-corrected chi connectivity index (χ1v) is 5.72. The van der Waals surface area contributed by atoms with Gasteiger partial charge in [-0.05, 0) is 12.8 Å². The lowest BCUT2D eigenvalue weighted by Crippen LogP contribution is -2.43. The summed E-state index contributed by atoms with van der Waals surface area (Å²) in [6, 6.07) is 0. The third kappa shape index (κ3) is 4.70. The number of hydrogen-bond acceptors (Lipinski definition) is 4. The summed E-state index contributed by atoms with van der Waals surface area (Å²) in [4.78, 5) is 24.1. The second-order valence-electron chi connectivity index (χ2n) is 4.06. The molecule has 1 heterocycles. The van der Waals surface area contributed by atoms with Crippen LogP contribution in [0.15, 0.2) is 0 Å². The molecule has 0 bridgehead atoms. The van der Waals surface area contributed by atoms with Gasteiger partial charge < -0.3 is 19.5 Å². The predicted molar refractivity (Wildman–Crippen MR) is 59.6 cm³/mol. The Bertz CT molecular complexity index is 269. The molecule has 1 N–H and O–H groups in total. The highest BCUT2D eigenvalue weighted by molar-refractivity contribution is 5.79. The summed E-state index contributed by atoms with van der Waals surface area (Å²) >= 11 is 0. The maximum atomic E-state index is 11.7. The largest absolute Gasteiger partial charge is 0.481 e. The van der Waals surface area contributed by atoms with Crippen molar-refractivity contribution in [1.29, 1.82) is 0 Å². The zero-order chi connectivity index (χ0) is 12.7. The number of carboxylic acids is 1. The normalized spacial score (nSPS) is 20.3. The molecule has 0 saturated carbocycles. The monoisotopic (exact) mass is 245 g/mol. The molecule has 0 unspecified atom stereocenters. The fraction of sp³-hybridized carbons (Fsp3) is 0.818. The van der Waals surface area contributed by atoms with Gasteiger partial charge in [0.2, 0.25) is 5.91 Å². The van der Waals surface area contributed by atoms with Gasteiger partial charge in [0.05, 0.1) is 19.1 Å². The molecule has 98 valence electrons. The fourth-order valence-electron chi connectivity index (χ4n) is 1.80. The quantitative estimate of drug-likeness (QED) is 0.665. The van der Waals surface area contributed by atoms with Crippen LogP contribution in [0.25, 0.3) is 0 Å². The Balaban J connectivity index is 2.28. The SMILES string of the molecule is COCCOCC(=O)N1CCC[C@@H](C(=O)O)C1. The number of likely N-dealkylation sites (tertiary alicyclic amines) is 1. The van der Waals surface area contributed by atoms with E-state index in [2.05, 4.69) is 0 Å². The molecule has 1 rings (SSSR count). The summed E-state index contributed by atoms with van der Waals surface area (Å²) in [5, 5.41) is 8.90. The van der Waals surface area contributed by atoms with E-state index in [4.69, 9.17) is 14.6 Å². The molecule has 1 aliphatic heterocycles. The van der Waals surface area contributed by atoms with Crippen LogP contribution in [0.3, 0.4) is 0 Å². The summed E-state index contributed by atoms with van der Waals surface area (Å²) in [5.41, 5.74) is 0. The van der Waals surface area contributed by atoms with Crippen LogP contribution < -0.4 is 0 Å². The predicted octanol–water partition coefficient (Wildman–Crippen LogP) is -0.0274. The van der Waals surface area contributed by atoms with E-state index in [1.807, 2.05) is 0 Å². The summed E-state index contributed by atoms with van der Waals surface area (Å²) in [6.45, 7) is 1.73. The van der Waals surface area contributed by atoms with Gasteiger partial charge in [0.15, 0.2) is 0 Å². The van der Waals surface area contributed by atoms with Crippen molar-refractivity contribution < 1.29 is 24.2 Å². The molecular formula is C11H19NO5. The minimum atomic E-state index is -0.831. The van der Waals surface area contributed by atoms with E-state index < -0.39 is 11.9 Å². The van der Waals surface area contributed by atoms with E-state index >= 15 is 0 Å². The number of carbonyl (C=O) groups is 2. The van der Waals surface area contributed by atoms with E-state index in [1.54, 1.807) is 12.0 Å². The number of methoxy groups -OCH3 is 1. The van der Waals surface area contributed by atoms with Gasteiger partial charge in [0.25, 0.3) is 0 Å². The van der Waals surface area contributed by atoms with E-state index in [9.17, 15) is 9.59 Å². The van der Waals surface area contributed by atoms with E-state index in [1.165, 1.54) is 0 Å². The van der Waals surface area contributed by atoms with Crippen molar-refractivity contribution in [3.8, 4) is 0 Å². The lowest BCUT2D eigenvalue weighted by Gasteiger charge is -2.30. The number of hydrogen-bond donors (Lipinski definition) is 1. The van der Waals surface area contributed by atoms with Gasteiger partial charge in [0.1, 0.15) is 6.61 Å². The number of piperidine rings is 1. The van der Waals surface area contributed by atoms with Gasteiger partial charge >= 0.3 is 5.97 Å². The Morgan fingerprint density at radius 2 is 2.18 bits per heavy atom. The zero-order valence-corrected chi connectivity index (χ0v) is 10.1. The van der Waals surface area contributed by atoms with Gasteiger partial charge in [-0.2, -0.15) is 0 Å². The van der Waals surface area contributed by atoms with Crippen molar-refractivity contribution in [3.05, 3.63) is 0 Å². The molecule has 6 heteroatoms. The average Bonchev–Trinajstić information content (AvgIpc) is 2.34. The number of rotatable bonds is 6. The molecule has 1 amide bonds. The van der Waals surface area contributed by atoms with Gasteiger partial charge in [-0.25, -0.2) is 0 Å². The van der Waals surface area contributed by atoms with Crippen LogP contribution in [-0.4, -0.2) is 61.9 Å². The standard InChI is InChI=1S/C11H19NO5/c1-16-5-6-17-8-10(13)12-4-2-3-9(7-12)11(14)15/h9H,2-8H2,1H3,(H,14,15)/t9-/m1/s1. The topological polar surface area (TPSA) is 76.1 Å². The number of carbonyl (C=O) groups excluding carboxylic acids is 1.